The average Bonchev–Trinajstić information content (AvgIpc) is 2.27. The van der Waals surface area contributed by atoms with E-state index in [0.29, 0.717) is 0 Å². The third-order valence-electron chi connectivity index (χ3n) is 2.66. The van der Waals surface area contributed by atoms with E-state index in [0.717, 1.165) is 6.07 Å². The van der Waals surface area contributed by atoms with Crippen molar-refractivity contribution in [3.63, 3.8) is 0 Å². The second-order valence-electron chi connectivity index (χ2n) is 4.97. The standard InChI is InChI=1S/C13H17F3N2O/c1-12(2,8-17)18-11(19)7-9-5-3-4-6-10(9)13(14,15)16/h3-6H,7-8,17H2,1-2H3,(H,18,19). The molecule has 1 amide bonds. The van der Waals surface area contributed by atoms with Crippen molar-refractivity contribution in [1.82, 2.24) is 5.32 Å². The van der Waals surface area contributed by atoms with E-state index in [1.165, 1.54) is 18.2 Å². The Morgan fingerprint density at radius 3 is 2.37 bits per heavy atom. The first-order valence-corrected chi connectivity index (χ1v) is 5.82. The molecule has 0 heterocycles. The molecule has 0 aromatic heterocycles. The van der Waals surface area contributed by atoms with Gasteiger partial charge in [0.1, 0.15) is 0 Å². The van der Waals surface area contributed by atoms with Gasteiger partial charge in [-0.15, -0.1) is 0 Å². The molecular weight excluding hydrogens is 257 g/mol. The minimum absolute atomic E-state index is 0.0414. The number of carbonyl (C=O) groups is 1. The van der Waals surface area contributed by atoms with Gasteiger partial charge >= 0.3 is 6.18 Å². The summed E-state index contributed by atoms with van der Waals surface area (Å²) in [6.45, 7) is 3.63. The fourth-order valence-corrected chi connectivity index (χ4v) is 1.60. The van der Waals surface area contributed by atoms with Crippen LogP contribution in [0.25, 0.3) is 0 Å². The quantitative estimate of drug-likeness (QED) is 0.883. The molecule has 1 rings (SSSR count). The fraction of sp³-hybridized carbons (Fsp3) is 0.462. The fourth-order valence-electron chi connectivity index (χ4n) is 1.60. The molecule has 0 unspecified atom stereocenters. The highest BCUT2D eigenvalue weighted by molar-refractivity contribution is 5.79. The SMILES string of the molecule is CC(C)(CN)NC(=O)Cc1ccccc1C(F)(F)F. The van der Waals surface area contributed by atoms with Gasteiger partial charge in [0.25, 0.3) is 0 Å². The Hall–Kier alpha value is -1.56. The highest BCUT2D eigenvalue weighted by Gasteiger charge is 2.33. The number of nitrogens with one attached hydrogen (secondary N) is 1. The number of hydrogen-bond acceptors (Lipinski definition) is 2. The molecule has 1 aromatic rings. The van der Waals surface area contributed by atoms with Gasteiger partial charge in [-0.25, -0.2) is 0 Å². The molecule has 106 valence electrons. The normalized spacial score (nSPS) is 12.3. The van der Waals surface area contributed by atoms with Crippen molar-refractivity contribution in [2.45, 2.75) is 32.0 Å². The lowest BCUT2D eigenvalue weighted by Gasteiger charge is -2.24. The van der Waals surface area contributed by atoms with Crippen molar-refractivity contribution in [2.24, 2.45) is 5.73 Å². The van der Waals surface area contributed by atoms with Crippen LogP contribution in [0.15, 0.2) is 24.3 Å². The Labute approximate surface area is 110 Å². The number of carbonyl (C=O) groups excluding carboxylic acids is 1. The van der Waals surface area contributed by atoms with Crippen molar-refractivity contribution in [2.75, 3.05) is 6.54 Å². The molecule has 0 bridgehead atoms. The van der Waals surface area contributed by atoms with Crippen molar-refractivity contribution in [1.29, 1.82) is 0 Å². The number of alkyl halides is 3. The molecule has 19 heavy (non-hydrogen) atoms. The Morgan fingerprint density at radius 2 is 1.84 bits per heavy atom. The van der Waals surface area contributed by atoms with Crippen molar-refractivity contribution < 1.29 is 18.0 Å². The smallest absolute Gasteiger partial charge is 0.350 e. The Kier molecular flexibility index (Phi) is 4.57. The Morgan fingerprint density at radius 1 is 1.26 bits per heavy atom. The van der Waals surface area contributed by atoms with Gasteiger partial charge in [0.2, 0.25) is 5.91 Å². The average molecular weight is 274 g/mol. The van der Waals surface area contributed by atoms with Gasteiger partial charge in [-0.05, 0) is 25.5 Å². The van der Waals surface area contributed by atoms with E-state index in [4.69, 9.17) is 5.73 Å². The second kappa shape index (κ2) is 5.61. The predicted molar refractivity (Wildman–Crippen MR) is 66.4 cm³/mol. The molecule has 0 spiro atoms. The minimum atomic E-state index is -4.46. The summed E-state index contributed by atoms with van der Waals surface area (Å²) in [5.74, 6) is -0.479. The van der Waals surface area contributed by atoms with Gasteiger partial charge in [0, 0.05) is 12.1 Å². The summed E-state index contributed by atoms with van der Waals surface area (Å²) in [6.07, 6.45) is -4.78. The maximum Gasteiger partial charge on any atom is 0.416 e. The van der Waals surface area contributed by atoms with Crippen molar-refractivity contribution in [3.05, 3.63) is 35.4 Å². The monoisotopic (exact) mass is 274 g/mol. The Balaban J connectivity index is 2.86. The van der Waals surface area contributed by atoms with Crippen LogP contribution in [0.2, 0.25) is 0 Å². The van der Waals surface area contributed by atoms with Gasteiger partial charge in [0.05, 0.1) is 12.0 Å². The highest BCUT2D eigenvalue weighted by atomic mass is 19.4. The zero-order chi connectivity index (χ0) is 14.7. The zero-order valence-electron chi connectivity index (χ0n) is 10.8. The van der Waals surface area contributed by atoms with E-state index in [9.17, 15) is 18.0 Å². The lowest BCUT2D eigenvalue weighted by molar-refractivity contribution is -0.138. The molecule has 0 aliphatic heterocycles. The first kappa shape index (κ1) is 15.5. The molecule has 0 aliphatic rings. The predicted octanol–water partition coefficient (Wildman–Crippen LogP) is 2.10. The number of halogens is 3. The first-order valence-electron chi connectivity index (χ1n) is 5.82. The van der Waals surface area contributed by atoms with Crippen LogP contribution in [0.1, 0.15) is 25.0 Å². The lowest BCUT2D eigenvalue weighted by Crippen LogP contribution is -2.49. The first-order chi connectivity index (χ1) is 8.65. The van der Waals surface area contributed by atoms with Crippen LogP contribution < -0.4 is 11.1 Å². The van der Waals surface area contributed by atoms with Crippen LogP contribution in [0.3, 0.4) is 0 Å². The van der Waals surface area contributed by atoms with Crippen LogP contribution in [0.4, 0.5) is 13.2 Å². The van der Waals surface area contributed by atoms with E-state index in [-0.39, 0.29) is 18.5 Å². The topological polar surface area (TPSA) is 55.1 Å². The van der Waals surface area contributed by atoms with E-state index in [2.05, 4.69) is 5.32 Å². The van der Waals surface area contributed by atoms with E-state index in [1.807, 2.05) is 0 Å². The maximum atomic E-state index is 12.8. The number of rotatable bonds is 4. The summed E-state index contributed by atoms with van der Waals surface area (Å²) in [5, 5.41) is 2.60. The summed E-state index contributed by atoms with van der Waals surface area (Å²) < 4.78 is 38.3. The van der Waals surface area contributed by atoms with Gasteiger partial charge in [-0.1, -0.05) is 18.2 Å². The largest absolute Gasteiger partial charge is 0.416 e. The third-order valence-corrected chi connectivity index (χ3v) is 2.66. The molecule has 0 saturated carbocycles. The molecule has 0 aliphatic carbocycles. The van der Waals surface area contributed by atoms with E-state index < -0.39 is 23.2 Å². The number of amides is 1. The molecule has 0 fully saturated rings. The lowest BCUT2D eigenvalue weighted by atomic mass is 10.0. The minimum Gasteiger partial charge on any atom is -0.350 e. The van der Waals surface area contributed by atoms with Crippen molar-refractivity contribution >= 4 is 5.91 Å². The van der Waals surface area contributed by atoms with Crippen molar-refractivity contribution in [3.8, 4) is 0 Å². The van der Waals surface area contributed by atoms with Gasteiger partial charge < -0.3 is 11.1 Å². The van der Waals surface area contributed by atoms with Crippen LogP contribution in [0.5, 0.6) is 0 Å². The summed E-state index contributed by atoms with van der Waals surface area (Å²) in [5.41, 5.74) is 3.99. The van der Waals surface area contributed by atoms with Gasteiger partial charge in [-0.3, -0.25) is 4.79 Å². The third kappa shape index (κ3) is 4.55. The molecule has 3 N–H and O–H groups in total. The van der Waals surface area contributed by atoms with Crippen LogP contribution in [0, 0.1) is 0 Å². The molecule has 1 aromatic carbocycles. The molecule has 0 atom stereocenters. The number of nitrogens with two attached hydrogens (primary N) is 1. The van der Waals surface area contributed by atoms with Crippen LogP contribution in [-0.2, 0) is 17.4 Å². The number of benzene rings is 1. The highest BCUT2D eigenvalue weighted by Crippen LogP contribution is 2.32. The zero-order valence-corrected chi connectivity index (χ0v) is 10.8. The second-order valence-corrected chi connectivity index (χ2v) is 4.97. The van der Waals surface area contributed by atoms with E-state index >= 15 is 0 Å². The van der Waals surface area contributed by atoms with Crippen LogP contribution in [-0.4, -0.2) is 18.0 Å². The molecule has 0 saturated heterocycles. The summed E-state index contributed by atoms with van der Waals surface area (Å²) in [6, 6.07) is 5.05. The number of hydrogen-bond donors (Lipinski definition) is 2. The molecule has 0 radical (unpaired) electrons. The molecular formula is C13H17F3N2O. The summed E-state index contributed by atoms with van der Waals surface area (Å²) in [4.78, 5) is 11.7. The summed E-state index contributed by atoms with van der Waals surface area (Å²) in [7, 11) is 0. The van der Waals surface area contributed by atoms with Gasteiger partial charge in [-0.2, -0.15) is 13.2 Å². The summed E-state index contributed by atoms with van der Waals surface area (Å²) >= 11 is 0. The van der Waals surface area contributed by atoms with Gasteiger partial charge in [0.15, 0.2) is 0 Å². The molecule has 3 nitrogen and oxygen atoms in total. The maximum absolute atomic E-state index is 12.8. The molecule has 6 heteroatoms. The van der Waals surface area contributed by atoms with Crippen LogP contribution >= 0.6 is 0 Å². The Bertz CT molecular complexity index is 455. The van der Waals surface area contributed by atoms with E-state index in [1.54, 1.807) is 13.8 Å².